The van der Waals surface area contributed by atoms with Crippen molar-refractivity contribution in [3.05, 3.63) is 23.7 Å². The molecule has 0 saturated carbocycles. The van der Waals surface area contributed by atoms with Gasteiger partial charge in [-0.2, -0.15) is 0 Å². The summed E-state index contributed by atoms with van der Waals surface area (Å²) in [6.45, 7) is 4.81. The lowest BCUT2D eigenvalue weighted by atomic mass is 10.1. The summed E-state index contributed by atoms with van der Waals surface area (Å²) in [5.41, 5.74) is 0. The van der Waals surface area contributed by atoms with Crippen molar-refractivity contribution >= 4 is 5.91 Å². The fourth-order valence-corrected chi connectivity index (χ4v) is 1.93. The number of furan rings is 1. The molecule has 102 valence electrons. The van der Waals surface area contributed by atoms with Gasteiger partial charge in [0.05, 0.1) is 0 Å². The molecule has 0 bridgehead atoms. The number of hydrogen-bond donors (Lipinski definition) is 1. The third-order valence-electron chi connectivity index (χ3n) is 3.03. The van der Waals surface area contributed by atoms with E-state index in [2.05, 4.69) is 12.2 Å². The highest BCUT2D eigenvalue weighted by atomic mass is 16.3. The van der Waals surface area contributed by atoms with Crippen molar-refractivity contribution in [2.45, 2.75) is 58.8 Å². The monoisotopic (exact) mass is 251 g/mol. The molecule has 0 radical (unpaired) electrons. The van der Waals surface area contributed by atoms with E-state index in [1.807, 2.05) is 13.0 Å². The van der Waals surface area contributed by atoms with Crippen molar-refractivity contribution in [2.75, 3.05) is 6.54 Å². The molecule has 0 aromatic carbocycles. The molecule has 1 N–H and O–H groups in total. The summed E-state index contributed by atoms with van der Waals surface area (Å²) in [6, 6.07) is 3.53. The predicted octanol–water partition coefficient (Wildman–Crippen LogP) is 4.07. The van der Waals surface area contributed by atoms with Crippen LogP contribution in [0.4, 0.5) is 0 Å². The van der Waals surface area contributed by atoms with Crippen LogP contribution in [0.2, 0.25) is 0 Å². The number of unbranched alkanes of at least 4 members (excludes halogenated alkanes) is 6. The summed E-state index contributed by atoms with van der Waals surface area (Å²) in [5.74, 6) is 1.08. The fraction of sp³-hybridized carbons (Fsp3) is 0.667. The molecule has 18 heavy (non-hydrogen) atoms. The highest BCUT2D eigenvalue weighted by molar-refractivity contribution is 5.91. The van der Waals surface area contributed by atoms with Gasteiger partial charge in [0.15, 0.2) is 5.76 Å². The van der Waals surface area contributed by atoms with Crippen LogP contribution in [0.5, 0.6) is 0 Å². The first-order valence-electron chi connectivity index (χ1n) is 7.08. The van der Waals surface area contributed by atoms with Gasteiger partial charge in [-0.1, -0.05) is 45.4 Å². The summed E-state index contributed by atoms with van der Waals surface area (Å²) < 4.78 is 5.26. The van der Waals surface area contributed by atoms with Crippen molar-refractivity contribution < 1.29 is 9.21 Å². The molecular formula is C15H25NO2. The Morgan fingerprint density at radius 2 is 1.78 bits per heavy atom. The molecule has 1 rings (SSSR count). The standard InChI is InChI=1S/C15H25NO2/c1-3-4-5-6-7-8-9-12-16-15(17)14-11-10-13(2)18-14/h10-11H,3-9,12H2,1-2H3,(H,16,17). The summed E-state index contributed by atoms with van der Waals surface area (Å²) in [7, 11) is 0. The van der Waals surface area contributed by atoms with E-state index >= 15 is 0 Å². The Labute approximate surface area is 110 Å². The Bertz CT molecular complexity index is 344. The highest BCUT2D eigenvalue weighted by Gasteiger charge is 2.08. The van der Waals surface area contributed by atoms with Crippen LogP contribution in [0.25, 0.3) is 0 Å². The Morgan fingerprint density at radius 3 is 2.39 bits per heavy atom. The number of carbonyl (C=O) groups is 1. The smallest absolute Gasteiger partial charge is 0.286 e. The maximum atomic E-state index is 11.6. The summed E-state index contributed by atoms with van der Waals surface area (Å²) in [5, 5.41) is 2.88. The minimum atomic E-state index is -0.103. The first-order valence-corrected chi connectivity index (χ1v) is 7.08. The molecule has 3 heteroatoms. The number of nitrogens with one attached hydrogen (secondary N) is 1. The van der Waals surface area contributed by atoms with Crippen LogP contribution >= 0.6 is 0 Å². The molecule has 1 aromatic rings. The Kier molecular flexibility index (Phi) is 7.23. The largest absolute Gasteiger partial charge is 0.456 e. The topological polar surface area (TPSA) is 42.2 Å². The first-order chi connectivity index (χ1) is 8.74. The van der Waals surface area contributed by atoms with Crippen molar-refractivity contribution in [1.29, 1.82) is 0 Å². The molecule has 0 fully saturated rings. The van der Waals surface area contributed by atoms with Crippen molar-refractivity contribution in [3.63, 3.8) is 0 Å². The number of amides is 1. The molecule has 0 unspecified atom stereocenters. The van der Waals surface area contributed by atoms with Gasteiger partial charge in [-0.25, -0.2) is 0 Å². The summed E-state index contributed by atoms with van der Waals surface area (Å²) in [6.07, 6.45) is 8.81. The normalized spacial score (nSPS) is 10.6. The first kappa shape index (κ1) is 14.8. The molecule has 1 heterocycles. The number of carbonyl (C=O) groups excluding carboxylic acids is 1. The van der Waals surface area contributed by atoms with E-state index in [4.69, 9.17) is 4.42 Å². The summed E-state index contributed by atoms with van der Waals surface area (Å²) in [4.78, 5) is 11.6. The fourth-order valence-electron chi connectivity index (χ4n) is 1.93. The lowest BCUT2D eigenvalue weighted by Gasteiger charge is -2.03. The van der Waals surface area contributed by atoms with E-state index in [1.54, 1.807) is 6.07 Å². The van der Waals surface area contributed by atoms with E-state index in [0.717, 1.165) is 18.7 Å². The van der Waals surface area contributed by atoms with Crippen LogP contribution in [0.3, 0.4) is 0 Å². The van der Waals surface area contributed by atoms with Gasteiger partial charge in [-0.15, -0.1) is 0 Å². The predicted molar refractivity (Wildman–Crippen MR) is 73.8 cm³/mol. The molecule has 0 spiro atoms. The van der Waals surface area contributed by atoms with Gasteiger partial charge < -0.3 is 9.73 Å². The molecule has 0 saturated heterocycles. The third-order valence-corrected chi connectivity index (χ3v) is 3.03. The SMILES string of the molecule is CCCCCCCCCNC(=O)c1ccc(C)o1. The molecule has 1 amide bonds. The molecule has 0 aliphatic rings. The number of aryl methyl sites for hydroxylation is 1. The van der Waals surface area contributed by atoms with E-state index in [1.165, 1.54) is 38.5 Å². The average molecular weight is 251 g/mol. The second-order valence-corrected chi connectivity index (χ2v) is 4.79. The van der Waals surface area contributed by atoms with Crippen molar-refractivity contribution in [1.82, 2.24) is 5.32 Å². The Balaban J connectivity index is 1.99. The van der Waals surface area contributed by atoms with Crippen LogP contribution in [0.1, 0.15) is 68.2 Å². The van der Waals surface area contributed by atoms with E-state index in [9.17, 15) is 4.79 Å². The maximum Gasteiger partial charge on any atom is 0.286 e. The lowest BCUT2D eigenvalue weighted by Crippen LogP contribution is -2.23. The zero-order valence-corrected chi connectivity index (χ0v) is 11.6. The van der Waals surface area contributed by atoms with E-state index < -0.39 is 0 Å². The quantitative estimate of drug-likeness (QED) is 0.672. The maximum absolute atomic E-state index is 11.6. The second-order valence-electron chi connectivity index (χ2n) is 4.79. The zero-order valence-electron chi connectivity index (χ0n) is 11.6. The molecule has 1 aromatic heterocycles. The number of hydrogen-bond acceptors (Lipinski definition) is 2. The van der Waals surface area contributed by atoms with Gasteiger partial charge in [0.2, 0.25) is 0 Å². The minimum Gasteiger partial charge on any atom is -0.456 e. The van der Waals surface area contributed by atoms with Crippen molar-refractivity contribution in [3.8, 4) is 0 Å². The number of rotatable bonds is 9. The Morgan fingerprint density at radius 1 is 1.11 bits per heavy atom. The second kappa shape index (κ2) is 8.78. The van der Waals surface area contributed by atoms with Crippen LogP contribution in [-0.2, 0) is 0 Å². The van der Waals surface area contributed by atoms with Gasteiger partial charge in [0.25, 0.3) is 5.91 Å². The van der Waals surface area contributed by atoms with Gasteiger partial charge in [-0.3, -0.25) is 4.79 Å². The highest BCUT2D eigenvalue weighted by Crippen LogP contribution is 2.07. The van der Waals surface area contributed by atoms with Crippen molar-refractivity contribution in [2.24, 2.45) is 0 Å². The van der Waals surface area contributed by atoms with E-state index in [0.29, 0.717) is 5.76 Å². The van der Waals surface area contributed by atoms with Crippen LogP contribution in [-0.4, -0.2) is 12.5 Å². The molecule has 0 atom stereocenters. The lowest BCUT2D eigenvalue weighted by molar-refractivity contribution is 0.0924. The molecule has 3 nitrogen and oxygen atoms in total. The van der Waals surface area contributed by atoms with Gasteiger partial charge in [0.1, 0.15) is 5.76 Å². The van der Waals surface area contributed by atoms with Gasteiger partial charge in [0, 0.05) is 6.54 Å². The zero-order chi connectivity index (χ0) is 13.2. The molecule has 0 aliphatic carbocycles. The third kappa shape index (κ3) is 5.89. The van der Waals surface area contributed by atoms with Crippen LogP contribution < -0.4 is 5.32 Å². The summed E-state index contributed by atoms with van der Waals surface area (Å²) >= 11 is 0. The van der Waals surface area contributed by atoms with Gasteiger partial charge >= 0.3 is 0 Å². The Hall–Kier alpha value is -1.25. The van der Waals surface area contributed by atoms with Gasteiger partial charge in [-0.05, 0) is 25.5 Å². The average Bonchev–Trinajstić information content (AvgIpc) is 2.79. The molecule has 0 aliphatic heterocycles. The van der Waals surface area contributed by atoms with Crippen LogP contribution in [0, 0.1) is 6.92 Å². The molecular weight excluding hydrogens is 226 g/mol. The van der Waals surface area contributed by atoms with Crippen LogP contribution in [0.15, 0.2) is 16.5 Å². The van der Waals surface area contributed by atoms with E-state index in [-0.39, 0.29) is 5.91 Å². The minimum absolute atomic E-state index is 0.103.